The second-order valence-electron chi connectivity index (χ2n) is 4.52. The van der Waals surface area contributed by atoms with Crippen LogP contribution < -0.4 is 5.73 Å². The molecular formula is C13H17NO4. The van der Waals surface area contributed by atoms with Gasteiger partial charge >= 0.3 is 5.97 Å². The van der Waals surface area contributed by atoms with Gasteiger partial charge in [-0.25, -0.2) is 4.79 Å². The van der Waals surface area contributed by atoms with Crippen molar-refractivity contribution < 1.29 is 19.8 Å². The van der Waals surface area contributed by atoms with E-state index in [-0.39, 0.29) is 11.5 Å². The van der Waals surface area contributed by atoms with Gasteiger partial charge in [0.1, 0.15) is 0 Å². The Hall–Kier alpha value is -1.72. The number of carbonyl (C=O) groups is 2. The highest BCUT2D eigenvalue weighted by Crippen LogP contribution is 2.25. The molecule has 5 heteroatoms. The largest absolute Gasteiger partial charge is 0.478 e. The topological polar surface area (TPSA) is 101 Å². The average molecular weight is 251 g/mol. The molecule has 0 spiro atoms. The molecule has 5 nitrogen and oxygen atoms in total. The zero-order valence-corrected chi connectivity index (χ0v) is 10.3. The van der Waals surface area contributed by atoms with E-state index < -0.39 is 23.4 Å². The van der Waals surface area contributed by atoms with Crippen LogP contribution in [0.3, 0.4) is 0 Å². The van der Waals surface area contributed by atoms with Crippen molar-refractivity contribution in [2.75, 3.05) is 0 Å². The monoisotopic (exact) mass is 251 g/mol. The molecule has 0 aliphatic rings. The third kappa shape index (κ3) is 2.42. The first-order valence-electron chi connectivity index (χ1n) is 5.63. The summed E-state index contributed by atoms with van der Waals surface area (Å²) in [6.45, 7) is 3.38. The average Bonchev–Trinajstić information content (AvgIpc) is 2.36. The van der Waals surface area contributed by atoms with Gasteiger partial charge in [-0.3, -0.25) is 4.79 Å². The zero-order chi connectivity index (χ0) is 13.9. The van der Waals surface area contributed by atoms with Crippen molar-refractivity contribution >= 4 is 11.8 Å². The first-order valence-corrected chi connectivity index (χ1v) is 5.63. The first kappa shape index (κ1) is 14.3. The number of hydrogen-bond acceptors (Lipinski definition) is 4. The molecule has 0 saturated heterocycles. The molecule has 4 N–H and O–H groups in total. The fourth-order valence-electron chi connectivity index (χ4n) is 1.59. The van der Waals surface area contributed by atoms with Gasteiger partial charge in [0, 0.05) is 5.56 Å². The van der Waals surface area contributed by atoms with Crippen LogP contribution in [0.5, 0.6) is 0 Å². The lowest BCUT2D eigenvalue weighted by Gasteiger charge is -2.27. The van der Waals surface area contributed by atoms with Crippen LogP contribution in [-0.2, 0) is 15.2 Å². The van der Waals surface area contributed by atoms with E-state index in [4.69, 9.17) is 10.8 Å². The number of aliphatic hydroxyl groups is 1. The Morgan fingerprint density at radius 1 is 1.22 bits per heavy atom. The summed E-state index contributed by atoms with van der Waals surface area (Å²) in [4.78, 5) is 23.4. The standard InChI is InChI=1S/C13H17NO4/c1-8(2)10(14)11(15)13(18,12(16)17)9-6-4-3-5-7-9/h3-8,10,18H,14H2,1-2H3,(H,16,17)/t10-,13?/m0/s1. The van der Waals surface area contributed by atoms with E-state index >= 15 is 0 Å². The van der Waals surface area contributed by atoms with E-state index in [0.29, 0.717) is 0 Å². The van der Waals surface area contributed by atoms with Crippen molar-refractivity contribution in [1.82, 2.24) is 0 Å². The minimum atomic E-state index is -2.59. The van der Waals surface area contributed by atoms with Crippen LogP contribution in [0.25, 0.3) is 0 Å². The number of ketones is 1. The molecule has 0 aliphatic carbocycles. The number of rotatable bonds is 5. The number of carboxylic acid groups (broad SMARTS) is 1. The van der Waals surface area contributed by atoms with Gasteiger partial charge in [-0.15, -0.1) is 0 Å². The summed E-state index contributed by atoms with van der Waals surface area (Å²) in [6.07, 6.45) is 0. The molecule has 0 bridgehead atoms. The van der Waals surface area contributed by atoms with Crippen molar-refractivity contribution in [2.45, 2.75) is 25.5 Å². The molecule has 0 fully saturated rings. The van der Waals surface area contributed by atoms with Crippen molar-refractivity contribution in [1.29, 1.82) is 0 Å². The van der Waals surface area contributed by atoms with Crippen molar-refractivity contribution in [3.63, 3.8) is 0 Å². The molecule has 1 aromatic carbocycles. The molecule has 0 aliphatic heterocycles. The fourth-order valence-corrected chi connectivity index (χ4v) is 1.59. The minimum Gasteiger partial charge on any atom is -0.478 e. The zero-order valence-electron chi connectivity index (χ0n) is 10.3. The highest BCUT2D eigenvalue weighted by molar-refractivity contribution is 6.09. The van der Waals surface area contributed by atoms with Crippen LogP contribution in [0, 0.1) is 5.92 Å². The van der Waals surface area contributed by atoms with Gasteiger partial charge < -0.3 is 15.9 Å². The molecule has 0 amide bonds. The molecule has 0 saturated carbocycles. The van der Waals surface area contributed by atoms with Gasteiger partial charge in [0.05, 0.1) is 6.04 Å². The quantitative estimate of drug-likeness (QED) is 0.662. The van der Waals surface area contributed by atoms with Crippen LogP contribution in [-0.4, -0.2) is 28.0 Å². The Bertz CT molecular complexity index is 444. The number of nitrogens with two attached hydrogens (primary N) is 1. The highest BCUT2D eigenvalue weighted by atomic mass is 16.4. The molecule has 2 atom stereocenters. The van der Waals surface area contributed by atoms with Crippen molar-refractivity contribution in [2.24, 2.45) is 11.7 Å². The van der Waals surface area contributed by atoms with Crippen LogP contribution >= 0.6 is 0 Å². The Morgan fingerprint density at radius 3 is 2.11 bits per heavy atom. The number of carboxylic acids is 1. The molecule has 0 aromatic heterocycles. The molecule has 98 valence electrons. The summed E-state index contributed by atoms with van der Waals surface area (Å²) >= 11 is 0. The van der Waals surface area contributed by atoms with Gasteiger partial charge in [0.15, 0.2) is 5.78 Å². The Morgan fingerprint density at radius 2 is 1.72 bits per heavy atom. The first-order chi connectivity index (χ1) is 8.31. The van der Waals surface area contributed by atoms with Crippen molar-refractivity contribution in [3.8, 4) is 0 Å². The number of Topliss-reactive ketones (excluding diaryl/α,β-unsaturated/α-hetero) is 1. The van der Waals surface area contributed by atoms with Gasteiger partial charge in [-0.05, 0) is 5.92 Å². The van der Waals surface area contributed by atoms with E-state index in [0.717, 1.165) is 0 Å². The van der Waals surface area contributed by atoms with E-state index in [2.05, 4.69) is 0 Å². The maximum Gasteiger partial charge on any atom is 0.348 e. The SMILES string of the molecule is CC(C)[C@H](N)C(=O)C(O)(C(=O)O)c1ccccc1. The number of aliphatic carboxylic acids is 1. The highest BCUT2D eigenvalue weighted by Gasteiger charge is 2.48. The predicted molar refractivity (Wildman–Crippen MR) is 65.8 cm³/mol. The summed E-state index contributed by atoms with van der Waals surface area (Å²) in [6, 6.07) is 6.51. The second-order valence-corrected chi connectivity index (χ2v) is 4.52. The smallest absolute Gasteiger partial charge is 0.348 e. The molecule has 1 rings (SSSR count). The van der Waals surface area contributed by atoms with Crippen LogP contribution in [0.4, 0.5) is 0 Å². The molecule has 0 heterocycles. The number of hydrogen-bond donors (Lipinski definition) is 3. The second kappa shape index (κ2) is 5.29. The van der Waals surface area contributed by atoms with E-state index in [1.807, 2.05) is 0 Å². The summed E-state index contributed by atoms with van der Waals surface area (Å²) in [5.41, 5.74) is 3.07. The third-order valence-electron chi connectivity index (χ3n) is 2.88. The van der Waals surface area contributed by atoms with Gasteiger partial charge in [0.2, 0.25) is 5.60 Å². The summed E-state index contributed by atoms with van der Waals surface area (Å²) in [5, 5.41) is 19.4. The van der Waals surface area contributed by atoms with E-state index in [9.17, 15) is 14.7 Å². The Kier molecular flexibility index (Phi) is 4.21. The minimum absolute atomic E-state index is 0.0126. The van der Waals surface area contributed by atoms with E-state index in [1.165, 1.54) is 12.1 Å². The maximum atomic E-state index is 12.1. The summed E-state index contributed by atoms with van der Waals surface area (Å²) in [7, 11) is 0. The molecule has 1 aromatic rings. The molecule has 0 radical (unpaired) electrons. The van der Waals surface area contributed by atoms with Gasteiger partial charge in [0.25, 0.3) is 0 Å². The predicted octanol–water partition coefficient (Wildman–Crippen LogP) is 0.511. The fraction of sp³-hybridized carbons (Fsp3) is 0.385. The number of carbonyl (C=O) groups excluding carboxylic acids is 1. The van der Waals surface area contributed by atoms with E-state index in [1.54, 1.807) is 32.0 Å². The number of benzene rings is 1. The Balaban J connectivity index is 3.25. The van der Waals surface area contributed by atoms with Crippen LogP contribution in [0.15, 0.2) is 30.3 Å². The normalized spacial score (nSPS) is 16.1. The molecular weight excluding hydrogens is 234 g/mol. The Labute approximate surface area is 105 Å². The van der Waals surface area contributed by atoms with Crippen molar-refractivity contribution in [3.05, 3.63) is 35.9 Å². The maximum absolute atomic E-state index is 12.1. The lowest BCUT2D eigenvalue weighted by atomic mass is 9.83. The van der Waals surface area contributed by atoms with Gasteiger partial charge in [-0.1, -0.05) is 44.2 Å². The van der Waals surface area contributed by atoms with Crippen LogP contribution in [0.2, 0.25) is 0 Å². The molecule has 18 heavy (non-hydrogen) atoms. The molecule has 1 unspecified atom stereocenters. The lowest BCUT2D eigenvalue weighted by Crippen LogP contribution is -2.53. The lowest BCUT2D eigenvalue weighted by molar-refractivity contribution is -0.167. The van der Waals surface area contributed by atoms with Gasteiger partial charge in [-0.2, -0.15) is 0 Å². The third-order valence-corrected chi connectivity index (χ3v) is 2.88. The van der Waals surface area contributed by atoms with Crippen LogP contribution in [0.1, 0.15) is 19.4 Å². The summed E-state index contributed by atoms with van der Waals surface area (Å²) in [5.74, 6) is -2.78. The summed E-state index contributed by atoms with van der Waals surface area (Å²) < 4.78 is 0.